The van der Waals surface area contributed by atoms with Crippen LogP contribution in [0, 0.1) is 5.92 Å². The average molecular weight is 255 g/mol. The minimum atomic E-state index is -3.90. The first kappa shape index (κ1) is 12.0. The molecule has 0 amide bonds. The summed E-state index contributed by atoms with van der Waals surface area (Å²) in [5.41, 5.74) is 0.931. The van der Waals surface area contributed by atoms with Gasteiger partial charge in [0.1, 0.15) is 11.0 Å². The standard InChI is InChI=1S/C10H13N3O3S/c1-8(2)7-16-17(14,15)13-10-6-4-3-5-9(10)11-12-13/h3-6,8H,7H2,1-2H3. The summed E-state index contributed by atoms with van der Waals surface area (Å²) < 4.78 is 29.4. The lowest BCUT2D eigenvalue weighted by Gasteiger charge is -2.07. The Morgan fingerprint density at radius 2 is 2.06 bits per heavy atom. The van der Waals surface area contributed by atoms with Crippen molar-refractivity contribution in [3.8, 4) is 0 Å². The van der Waals surface area contributed by atoms with Crippen molar-refractivity contribution in [1.29, 1.82) is 0 Å². The largest absolute Gasteiger partial charge is 0.383 e. The molecule has 0 aliphatic carbocycles. The molecule has 92 valence electrons. The molecule has 0 radical (unpaired) electrons. The van der Waals surface area contributed by atoms with E-state index in [1.165, 1.54) is 0 Å². The van der Waals surface area contributed by atoms with E-state index in [9.17, 15) is 8.42 Å². The van der Waals surface area contributed by atoms with Crippen molar-refractivity contribution in [2.75, 3.05) is 6.61 Å². The van der Waals surface area contributed by atoms with Crippen molar-refractivity contribution < 1.29 is 12.6 Å². The highest BCUT2D eigenvalue weighted by molar-refractivity contribution is 7.85. The summed E-state index contributed by atoms with van der Waals surface area (Å²) >= 11 is 0. The second kappa shape index (κ2) is 4.42. The van der Waals surface area contributed by atoms with Crippen LogP contribution in [0.15, 0.2) is 24.3 Å². The molecule has 1 aromatic carbocycles. The number of nitrogens with zero attached hydrogens (tertiary/aromatic N) is 3. The van der Waals surface area contributed by atoms with Crippen LogP contribution >= 0.6 is 0 Å². The second-order valence-corrected chi connectivity index (χ2v) is 5.49. The highest BCUT2D eigenvalue weighted by atomic mass is 32.2. The Kier molecular flexibility index (Phi) is 3.12. The normalized spacial score (nSPS) is 12.4. The molecular formula is C10H13N3O3S. The van der Waals surface area contributed by atoms with E-state index in [2.05, 4.69) is 10.3 Å². The van der Waals surface area contributed by atoms with Crippen molar-refractivity contribution in [3.63, 3.8) is 0 Å². The highest BCUT2D eigenvalue weighted by Gasteiger charge is 2.19. The maximum Gasteiger partial charge on any atom is 0.383 e. The predicted molar refractivity (Wildman–Crippen MR) is 62.6 cm³/mol. The van der Waals surface area contributed by atoms with Gasteiger partial charge in [-0.15, -0.1) is 9.19 Å². The van der Waals surface area contributed by atoms with Crippen molar-refractivity contribution >= 4 is 21.3 Å². The first-order valence-electron chi connectivity index (χ1n) is 5.21. The van der Waals surface area contributed by atoms with Gasteiger partial charge in [0.05, 0.1) is 6.61 Å². The lowest BCUT2D eigenvalue weighted by Crippen LogP contribution is -2.19. The van der Waals surface area contributed by atoms with E-state index in [1.54, 1.807) is 24.3 Å². The van der Waals surface area contributed by atoms with Crippen LogP contribution in [0.4, 0.5) is 0 Å². The molecule has 0 spiro atoms. The molecule has 0 unspecified atom stereocenters. The number of hydrogen-bond donors (Lipinski definition) is 0. The Bertz CT molecular complexity index is 619. The van der Waals surface area contributed by atoms with Crippen LogP contribution in [0.25, 0.3) is 11.0 Å². The van der Waals surface area contributed by atoms with Gasteiger partial charge in [-0.3, -0.25) is 4.18 Å². The number of rotatable bonds is 4. The third-order valence-electron chi connectivity index (χ3n) is 2.08. The molecule has 7 heteroatoms. The number of benzene rings is 1. The number of para-hydroxylation sites is 1. The number of hydrogen-bond acceptors (Lipinski definition) is 5. The minimum absolute atomic E-state index is 0.122. The Morgan fingerprint density at radius 3 is 2.76 bits per heavy atom. The average Bonchev–Trinajstić information content (AvgIpc) is 2.71. The van der Waals surface area contributed by atoms with Gasteiger partial charge in [0.25, 0.3) is 0 Å². The topological polar surface area (TPSA) is 74.1 Å². The SMILES string of the molecule is CC(C)COS(=O)(=O)n1nnc2ccccc21. The van der Waals surface area contributed by atoms with E-state index in [0.29, 0.717) is 11.0 Å². The third kappa shape index (κ3) is 2.45. The zero-order valence-corrected chi connectivity index (χ0v) is 10.4. The first-order chi connectivity index (χ1) is 8.00. The summed E-state index contributed by atoms with van der Waals surface area (Å²) in [7, 11) is -3.90. The van der Waals surface area contributed by atoms with E-state index in [1.807, 2.05) is 13.8 Å². The smallest absolute Gasteiger partial charge is 0.252 e. The lowest BCUT2D eigenvalue weighted by molar-refractivity contribution is 0.269. The summed E-state index contributed by atoms with van der Waals surface area (Å²) in [4.78, 5) is 0. The second-order valence-electron chi connectivity index (χ2n) is 4.06. The van der Waals surface area contributed by atoms with E-state index >= 15 is 0 Å². The third-order valence-corrected chi connectivity index (χ3v) is 3.21. The molecule has 0 aliphatic rings. The predicted octanol–water partition coefficient (Wildman–Crippen LogP) is 1.20. The highest BCUT2D eigenvalue weighted by Crippen LogP contribution is 2.13. The number of fused-ring (bicyclic) bond motifs is 1. The van der Waals surface area contributed by atoms with Gasteiger partial charge >= 0.3 is 10.3 Å². The van der Waals surface area contributed by atoms with E-state index in [0.717, 1.165) is 4.09 Å². The molecule has 0 bridgehead atoms. The molecule has 1 aromatic heterocycles. The molecule has 6 nitrogen and oxygen atoms in total. The van der Waals surface area contributed by atoms with Gasteiger partial charge in [0, 0.05) is 0 Å². The Labute approximate surface area is 99.5 Å². The van der Waals surface area contributed by atoms with Gasteiger partial charge in [0.2, 0.25) is 0 Å². The van der Waals surface area contributed by atoms with Crippen molar-refractivity contribution in [2.45, 2.75) is 13.8 Å². The Morgan fingerprint density at radius 1 is 1.35 bits per heavy atom. The summed E-state index contributed by atoms with van der Waals surface area (Å²) in [6.07, 6.45) is 0. The molecule has 2 aromatic rings. The summed E-state index contributed by atoms with van der Waals surface area (Å²) in [5, 5.41) is 7.36. The van der Waals surface area contributed by atoms with Crippen molar-refractivity contribution in [3.05, 3.63) is 24.3 Å². The fraction of sp³-hybridized carbons (Fsp3) is 0.400. The van der Waals surface area contributed by atoms with Gasteiger partial charge < -0.3 is 0 Å². The van der Waals surface area contributed by atoms with Gasteiger partial charge in [-0.25, -0.2) is 0 Å². The molecule has 0 N–H and O–H groups in total. The lowest BCUT2D eigenvalue weighted by atomic mass is 10.2. The molecule has 2 rings (SSSR count). The van der Waals surface area contributed by atoms with Crippen LogP contribution in [0.5, 0.6) is 0 Å². The molecular weight excluding hydrogens is 242 g/mol. The molecule has 0 saturated heterocycles. The first-order valence-corrected chi connectivity index (χ1v) is 6.57. The Balaban J connectivity index is 2.39. The van der Waals surface area contributed by atoms with E-state index in [-0.39, 0.29) is 12.5 Å². The molecule has 0 aliphatic heterocycles. The van der Waals surface area contributed by atoms with Crippen molar-refractivity contribution in [1.82, 2.24) is 14.4 Å². The zero-order valence-electron chi connectivity index (χ0n) is 9.57. The summed E-state index contributed by atoms with van der Waals surface area (Å²) in [6.45, 7) is 3.86. The van der Waals surface area contributed by atoms with Crippen LogP contribution in [0.1, 0.15) is 13.8 Å². The molecule has 0 saturated carbocycles. The van der Waals surface area contributed by atoms with E-state index in [4.69, 9.17) is 4.18 Å². The minimum Gasteiger partial charge on any atom is -0.252 e. The molecule has 0 atom stereocenters. The van der Waals surface area contributed by atoms with Crippen LogP contribution in [-0.2, 0) is 14.5 Å². The summed E-state index contributed by atoms with van der Waals surface area (Å²) in [6, 6.07) is 6.81. The maximum atomic E-state index is 11.8. The van der Waals surface area contributed by atoms with Crippen LogP contribution in [-0.4, -0.2) is 29.4 Å². The maximum absolute atomic E-state index is 11.8. The number of aromatic nitrogens is 3. The molecule has 17 heavy (non-hydrogen) atoms. The van der Waals surface area contributed by atoms with Gasteiger partial charge in [0.15, 0.2) is 0 Å². The fourth-order valence-electron chi connectivity index (χ4n) is 1.28. The van der Waals surface area contributed by atoms with Gasteiger partial charge in [-0.05, 0) is 23.3 Å². The van der Waals surface area contributed by atoms with Crippen LogP contribution in [0.2, 0.25) is 0 Å². The van der Waals surface area contributed by atoms with Crippen molar-refractivity contribution in [2.24, 2.45) is 5.92 Å². The van der Waals surface area contributed by atoms with Crippen LogP contribution in [0.3, 0.4) is 0 Å². The zero-order chi connectivity index (χ0) is 12.5. The quantitative estimate of drug-likeness (QED) is 0.820. The Hall–Kier alpha value is -1.47. The monoisotopic (exact) mass is 255 g/mol. The van der Waals surface area contributed by atoms with Gasteiger partial charge in [-0.2, -0.15) is 8.42 Å². The van der Waals surface area contributed by atoms with E-state index < -0.39 is 10.3 Å². The van der Waals surface area contributed by atoms with Gasteiger partial charge in [-0.1, -0.05) is 26.0 Å². The summed E-state index contributed by atoms with van der Waals surface area (Å²) in [5.74, 6) is 0.125. The molecule has 1 heterocycles. The van der Waals surface area contributed by atoms with Crippen LogP contribution < -0.4 is 0 Å². The fourth-order valence-corrected chi connectivity index (χ4v) is 2.35. The molecule has 0 fully saturated rings.